The second-order valence-electron chi connectivity index (χ2n) is 6.57. The molecule has 1 aromatic rings. The molecule has 110 valence electrons. The van der Waals surface area contributed by atoms with Gasteiger partial charge in [0.25, 0.3) is 0 Å². The lowest BCUT2D eigenvalue weighted by Crippen LogP contribution is -2.41. The summed E-state index contributed by atoms with van der Waals surface area (Å²) in [5, 5.41) is 0.543. The van der Waals surface area contributed by atoms with Gasteiger partial charge in [0.2, 0.25) is 5.95 Å². The van der Waals surface area contributed by atoms with E-state index in [1.165, 1.54) is 0 Å². The molecular formula is C13H21ClN4OSi. The Labute approximate surface area is 125 Å². The summed E-state index contributed by atoms with van der Waals surface area (Å²) in [6, 6.07) is 0. The Kier molecular flexibility index (Phi) is 3.92. The van der Waals surface area contributed by atoms with Gasteiger partial charge in [0.1, 0.15) is 5.15 Å². The summed E-state index contributed by atoms with van der Waals surface area (Å²) in [4.78, 5) is 12.4. The Morgan fingerprint density at radius 2 is 2.00 bits per heavy atom. The Bertz CT molecular complexity index is 554. The molecule has 20 heavy (non-hydrogen) atoms. The molecule has 0 saturated carbocycles. The van der Waals surface area contributed by atoms with Gasteiger partial charge < -0.3 is 10.2 Å². The van der Waals surface area contributed by atoms with Crippen molar-refractivity contribution in [1.29, 1.82) is 0 Å². The van der Waals surface area contributed by atoms with Crippen LogP contribution in [0.15, 0.2) is 4.99 Å². The zero-order chi connectivity index (χ0) is 15.1. The van der Waals surface area contributed by atoms with E-state index in [9.17, 15) is 0 Å². The fraction of sp³-hybridized carbons (Fsp3) is 0.615. The minimum atomic E-state index is -1.79. The highest BCUT2D eigenvalue weighted by atomic mass is 35.5. The fourth-order valence-electron chi connectivity index (χ4n) is 1.74. The maximum atomic E-state index is 6.22. The van der Waals surface area contributed by atoms with E-state index in [4.69, 9.17) is 21.8 Å². The zero-order valence-electron chi connectivity index (χ0n) is 12.6. The lowest BCUT2D eigenvalue weighted by atomic mass is 10.1. The first-order valence-corrected chi connectivity index (χ1v) is 9.91. The summed E-state index contributed by atoms with van der Waals surface area (Å²) < 4.78 is 6.22. The van der Waals surface area contributed by atoms with Crippen LogP contribution < -0.4 is 5.73 Å². The average molecular weight is 313 g/mol. The summed E-state index contributed by atoms with van der Waals surface area (Å²) in [6.07, 6.45) is 1.82. The minimum absolute atomic E-state index is 0.00669. The molecule has 0 radical (unpaired) electrons. The van der Waals surface area contributed by atoms with Crippen molar-refractivity contribution < 1.29 is 4.43 Å². The number of aliphatic imine (C=N–C) groups is 1. The predicted molar refractivity (Wildman–Crippen MR) is 85.5 cm³/mol. The molecule has 2 N–H and O–H groups in total. The summed E-state index contributed by atoms with van der Waals surface area (Å²) >= 11 is 6.15. The normalized spacial score (nSPS) is 18.4. The van der Waals surface area contributed by atoms with Crippen LogP contribution in [0.1, 0.15) is 32.3 Å². The van der Waals surface area contributed by atoms with Gasteiger partial charge in [-0.25, -0.2) is 9.98 Å². The van der Waals surface area contributed by atoms with Crippen LogP contribution in [0.3, 0.4) is 0 Å². The quantitative estimate of drug-likeness (QED) is 0.684. The van der Waals surface area contributed by atoms with Crippen LogP contribution in [0.25, 0.3) is 0 Å². The summed E-state index contributed by atoms with van der Waals surface area (Å²) in [5.41, 5.74) is 6.39. The Balaban J connectivity index is 2.15. The molecule has 7 heteroatoms. The first-order valence-electron chi connectivity index (χ1n) is 6.63. The number of halogens is 1. The highest BCUT2D eigenvalue weighted by Gasteiger charge is 2.38. The van der Waals surface area contributed by atoms with E-state index < -0.39 is 8.32 Å². The standard InChI is InChI=1S/C13H21ClN4OSi/c1-13(2,3)20(4,5)19-7-8-6-16-11-9(8)10(14)17-12(15)18-11/h6,8H,7H2,1-5H3,(H2,15,17,18). The third-order valence-corrected chi connectivity index (χ3v) is 8.86. The monoisotopic (exact) mass is 312 g/mol. The molecule has 0 spiro atoms. The van der Waals surface area contributed by atoms with E-state index in [2.05, 4.69) is 48.8 Å². The second-order valence-corrected chi connectivity index (χ2v) is 11.7. The topological polar surface area (TPSA) is 73.4 Å². The Morgan fingerprint density at radius 1 is 1.35 bits per heavy atom. The highest BCUT2D eigenvalue weighted by molar-refractivity contribution is 6.74. The molecule has 1 aliphatic rings. The lowest BCUT2D eigenvalue weighted by Gasteiger charge is -2.36. The molecule has 0 amide bonds. The summed E-state index contributed by atoms with van der Waals surface area (Å²) in [7, 11) is -1.79. The minimum Gasteiger partial charge on any atom is -0.416 e. The lowest BCUT2D eigenvalue weighted by molar-refractivity contribution is 0.285. The number of hydrogen-bond acceptors (Lipinski definition) is 5. The van der Waals surface area contributed by atoms with Crippen molar-refractivity contribution in [2.24, 2.45) is 4.99 Å². The SMILES string of the molecule is CC(C)(C)[Si](C)(C)OCC1C=Nc2nc(N)nc(Cl)c21. The predicted octanol–water partition coefficient (Wildman–Crippen LogP) is 3.53. The smallest absolute Gasteiger partial charge is 0.223 e. The molecule has 2 rings (SSSR count). The number of anilines is 1. The number of nitrogens with zero attached hydrogens (tertiary/aromatic N) is 3. The van der Waals surface area contributed by atoms with E-state index in [0.717, 1.165) is 5.56 Å². The molecule has 1 aliphatic heterocycles. The van der Waals surface area contributed by atoms with Crippen molar-refractivity contribution in [3.63, 3.8) is 0 Å². The van der Waals surface area contributed by atoms with E-state index in [1.54, 1.807) is 0 Å². The van der Waals surface area contributed by atoms with E-state index in [1.807, 2.05) is 6.21 Å². The van der Waals surface area contributed by atoms with Crippen LogP contribution in [0.4, 0.5) is 11.8 Å². The number of hydrogen-bond donors (Lipinski definition) is 1. The molecule has 0 fully saturated rings. The van der Waals surface area contributed by atoms with Crippen molar-refractivity contribution in [3.8, 4) is 0 Å². The third kappa shape index (κ3) is 2.87. The maximum absolute atomic E-state index is 6.22. The van der Waals surface area contributed by atoms with Gasteiger partial charge in [-0.1, -0.05) is 32.4 Å². The number of nitrogen functional groups attached to an aromatic ring is 1. The van der Waals surface area contributed by atoms with E-state index >= 15 is 0 Å². The molecule has 1 atom stereocenters. The molecule has 0 aromatic carbocycles. The van der Waals surface area contributed by atoms with Crippen molar-refractivity contribution in [2.75, 3.05) is 12.3 Å². The number of aromatic nitrogens is 2. The van der Waals surface area contributed by atoms with Crippen LogP contribution in [-0.4, -0.2) is 31.1 Å². The van der Waals surface area contributed by atoms with Crippen molar-refractivity contribution >= 4 is 37.9 Å². The summed E-state index contributed by atoms with van der Waals surface area (Å²) in [5.74, 6) is 0.718. The highest BCUT2D eigenvalue weighted by Crippen LogP contribution is 2.40. The van der Waals surface area contributed by atoms with Crippen LogP contribution in [0, 0.1) is 0 Å². The van der Waals surface area contributed by atoms with Crippen molar-refractivity contribution in [2.45, 2.75) is 44.8 Å². The first-order chi connectivity index (χ1) is 9.12. The van der Waals surface area contributed by atoms with Gasteiger partial charge in [-0.2, -0.15) is 4.98 Å². The van der Waals surface area contributed by atoms with Gasteiger partial charge in [-0.3, -0.25) is 0 Å². The number of fused-ring (bicyclic) bond motifs is 1. The molecular weight excluding hydrogens is 292 g/mol. The van der Waals surface area contributed by atoms with Crippen molar-refractivity contribution in [1.82, 2.24) is 9.97 Å². The van der Waals surface area contributed by atoms with Crippen LogP contribution in [0.5, 0.6) is 0 Å². The molecule has 0 saturated heterocycles. The molecule has 0 bridgehead atoms. The molecule has 0 aliphatic carbocycles. The molecule has 1 aromatic heterocycles. The number of nitrogens with two attached hydrogens (primary N) is 1. The first kappa shape index (κ1) is 15.4. The third-order valence-electron chi connectivity index (χ3n) is 4.07. The Morgan fingerprint density at radius 3 is 2.60 bits per heavy atom. The van der Waals surface area contributed by atoms with Crippen LogP contribution in [-0.2, 0) is 4.43 Å². The zero-order valence-corrected chi connectivity index (χ0v) is 14.3. The van der Waals surface area contributed by atoms with Crippen LogP contribution in [0.2, 0.25) is 23.3 Å². The van der Waals surface area contributed by atoms with Gasteiger partial charge in [0.05, 0.1) is 0 Å². The largest absolute Gasteiger partial charge is 0.416 e. The van der Waals surface area contributed by atoms with Crippen LogP contribution >= 0.6 is 11.6 Å². The van der Waals surface area contributed by atoms with Gasteiger partial charge in [0.15, 0.2) is 14.1 Å². The van der Waals surface area contributed by atoms with E-state index in [-0.39, 0.29) is 16.9 Å². The van der Waals surface area contributed by atoms with E-state index in [0.29, 0.717) is 17.6 Å². The molecule has 1 unspecified atom stereocenters. The van der Waals surface area contributed by atoms with Gasteiger partial charge in [0, 0.05) is 24.3 Å². The summed E-state index contributed by atoms with van der Waals surface area (Å²) in [6.45, 7) is 11.6. The maximum Gasteiger partial charge on any atom is 0.223 e. The molecule has 5 nitrogen and oxygen atoms in total. The fourth-order valence-corrected chi connectivity index (χ4v) is 3.08. The van der Waals surface area contributed by atoms with Gasteiger partial charge in [-0.05, 0) is 18.1 Å². The van der Waals surface area contributed by atoms with Gasteiger partial charge in [-0.15, -0.1) is 0 Å². The van der Waals surface area contributed by atoms with Crippen molar-refractivity contribution in [3.05, 3.63) is 10.7 Å². The second kappa shape index (κ2) is 5.09. The van der Waals surface area contributed by atoms with Gasteiger partial charge >= 0.3 is 0 Å². The Hall–Kier alpha value is -0.983. The average Bonchev–Trinajstić information content (AvgIpc) is 2.68. The molecule has 2 heterocycles. The number of rotatable bonds is 3.